The van der Waals surface area contributed by atoms with E-state index in [1.165, 1.54) is 0 Å². The van der Waals surface area contributed by atoms with Crippen LogP contribution in [-0.2, 0) is 0 Å². The first-order valence-electron chi connectivity index (χ1n) is 6.71. The van der Waals surface area contributed by atoms with Crippen LogP contribution in [0.15, 0.2) is 48.7 Å². The van der Waals surface area contributed by atoms with E-state index in [1.54, 1.807) is 0 Å². The predicted molar refractivity (Wildman–Crippen MR) is 90.4 cm³/mol. The van der Waals surface area contributed by atoms with Crippen molar-refractivity contribution in [1.82, 2.24) is 4.98 Å². The van der Waals surface area contributed by atoms with Gasteiger partial charge in [-0.05, 0) is 55.0 Å². The molecular formula is C17H16ClN3. The van der Waals surface area contributed by atoms with Crippen LogP contribution in [0, 0.1) is 6.92 Å². The zero-order valence-electron chi connectivity index (χ0n) is 12.0. The number of aromatic nitrogens is 1. The van der Waals surface area contributed by atoms with Gasteiger partial charge in [-0.1, -0.05) is 11.6 Å². The van der Waals surface area contributed by atoms with E-state index in [2.05, 4.69) is 9.88 Å². The van der Waals surface area contributed by atoms with Gasteiger partial charge in [0.05, 0.1) is 11.2 Å². The number of hydrogen-bond acceptors (Lipinski definition) is 3. The van der Waals surface area contributed by atoms with Crippen LogP contribution in [0.3, 0.4) is 0 Å². The lowest BCUT2D eigenvalue weighted by Crippen LogP contribution is -2.10. The van der Waals surface area contributed by atoms with Gasteiger partial charge in [0, 0.05) is 35.0 Å². The Morgan fingerprint density at radius 1 is 1.05 bits per heavy atom. The van der Waals surface area contributed by atoms with E-state index >= 15 is 0 Å². The summed E-state index contributed by atoms with van der Waals surface area (Å²) in [7, 11) is 2.03. The molecule has 0 saturated heterocycles. The fraction of sp³-hybridized carbons (Fsp3) is 0.118. The molecule has 0 aliphatic carbocycles. The van der Waals surface area contributed by atoms with Gasteiger partial charge in [-0.3, -0.25) is 4.98 Å². The Morgan fingerprint density at radius 3 is 2.48 bits per heavy atom. The summed E-state index contributed by atoms with van der Waals surface area (Å²) in [6.45, 7) is 2.00. The summed E-state index contributed by atoms with van der Waals surface area (Å²) < 4.78 is 0. The zero-order valence-corrected chi connectivity index (χ0v) is 12.7. The Kier molecular flexibility index (Phi) is 3.43. The molecule has 0 bridgehead atoms. The first kappa shape index (κ1) is 13.7. The number of anilines is 3. The van der Waals surface area contributed by atoms with Gasteiger partial charge in [0.15, 0.2) is 0 Å². The Labute approximate surface area is 129 Å². The van der Waals surface area contributed by atoms with Crippen molar-refractivity contribution in [1.29, 1.82) is 0 Å². The van der Waals surface area contributed by atoms with Crippen molar-refractivity contribution < 1.29 is 0 Å². The number of pyridine rings is 1. The van der Waals surface area contributed by atoms with Crippen LogP contribution in [0.1, 0.15) is 5.56 Å². The van der Waals surface area contributed by atoms with Gasteiger partial charge in [0.25, 0.3) is 0 Å². The second-order valence-electron chi connectivity index (χ2n) is 5.04. The maximum absolute atomic E-state index is 5.97. The number of benzene rings is 2. The lowest BCUT2D eigenvalue weighted by atomic mass is 10.1. The highest BCUT2D eigenvalue weighted by Gasteiger charge is 2.11. The Hall–Kier alpha value is -2.26. The molecule has 0 spiro atoms. The molecule has 4 heteroatoms. The van der Waals surface area contributed by atoms with Gasteiger partial charge in [-0.25, -0.2) is 0 Å². The largest absolute Gasteiger partial charge is 0.398 e. The van der Waals surface area contributed by atoms with Crippen LogP contribution in [0.25, 0.3) is 10.9 Å². The number of rotatable bonds is 2. The number of aryl methyl sites for hydroxylation is 1. The van der Waals surface area contributed by atoms with Crippen LogP contribution < -0.4 is 10.6 Å². The van der Waals surface area contributed by atoms with Crippen molar-refractivity contribution in [3.8, 4) is 0 Å². The molecule has 0 atom stereocenters. The van der Waals surface area contributed by atoms with Gasteiger partial charge in [-0.2, -0.15) is 0 Å². The molecule has 0 aliphatic heterocycles. The van der Waals surface area contributed by atoms with E-state index in [-0.39, 0.29) is 0 Å². The molecule has 0 saturated carbocycles. The minimum absolute atomic E-state index is 0.732. The van der Waals surface area contributed by atoms with Crippen molar-refractivity contribution in [3.05, 3.63) is 59.2 Å². The Morgan fingerprint density at radius 2 is 1.76 bits per heavy atom. The molecule has 0 aliphatic rings. The van der Waals surface area contributed by atoms with Crippen LogP contribution in [0.5, 0.6) is 0 Å². The van der Waals surface area contributed by atoms with Gasteiger partial charge in [0.2, 0.25) is 0 Å². The summed E-state index contributed by atoms with van der Waals surface area (Å²) in [5, 5.41) is 1.82. The first-order chi connectivity index (χ1) is 10.1. The number of halogens is 1. The molecule has 0 amide bonds. The standard InChI is InChI=1S/C17H16ClN3/c1-11-15(19)8-7-14-16(9-10-20-17(11)14)21(2)13-5-3-12(18)4-6-13/h3-10H,19H2,1-2H3. The highest BCUT2D eigenvalue weighted by atomic mass is 35.5. The lowest BCUT2D eigenvalue weighted by Gasteiger charge is -2.21. The minimum atomic E-state index is 0.732. The van der Waals surface area contributed by atoms with E-state index in [9.17, 15) is 0 Å². The fourth-order valence-corrected chi connectivity index (χ4v) is 2.58. The summed E-state index contributed by atoms with van der Waals surface area (Å²) in [5.41, 5.74) is 10.8. The zero-order chi connectivity index (χ0) is 15.0. The van der Waals surface area contributed by atoms with Crippen LogP contribution in [0.2, 0.25) is 5.02 Å². The van der Waals surface area contributed by atoms with Crippen molar-refractivity contribution >= 4 is 39.6 Å². The summed E-state index contributed by atoms with van der Waals surface area (Å²) in [6.07, 6.45) is 1.82. The highest BCUT2D eigenvalue weighted by molar-refractivity contribution is 6.30. The maximum Gasteiger partial charge on any atom is 0.0772 e. The predicted octanol–water partition coefficient (Wildman–Crippen LogP) is 4.55. The van der Waals surface area contributed by atoms with Crippen LogP contribution in [0.4, 0.5) is 17.1 Å². The second kappa shape index (κ2) is 5.26. The van der Waals surface area contributed by atoms with Crippen molar-refractivity contribution in [2.45, 2.75) is 6.92 Å². The normalized spacial score (nSPS) is 10.8. The molecule has 2 N–H and O–H groups in total. The van der Waals surface area contributed by atoms with Gasteiger partial charge >= 0.3 is 0 Å². The van der Waals surface area contributed by atoms with Gasteiger partial charge < -0.3 is 10.6 Å². The lowest BCUT2D eigenvalue weighted by molar-refractivity contribution is 1.21. The second-order valence-corrected chi connectivity index (χ2v) is 5.48. The molecule has 21 heavy (non-hydrogen) atoms. The van der Waals surface area contributed by atoms with Crippen LogP contribution in [-0.4, -0.2) is 12.0 Å². The molecule has 3 nitrogen and oxygen atoms in total. The molecule has 2 aromatic carbocycles. The minimum Gasteiger partial charge on any atom is -0.398 e. The third kappa shape index (κ3) is 2.41. The smallest absolute Gasteiger partial charge is 0.0772 e. The topological polar surface area (TPSA) is 42.1 Å². The molecule has 0 unspecified atom stereocenters. The molecule has 1 aromatic heterocycles. The monoisotopic (exact) mass is 297 g/mol. The summed E-state index contributed by atoms with van der Waals surface area (Å²) in [4.78, 5) is 6.59. The number of nitrogen functional groups attached to an aromatic ring is 1. The van der Waals surface area contributed by atoms with E-state index in [4.69, 9.17) is 17.3 Å². The molecule has 0 fully saturated rings. The van der Waals surface area contributed by atoms with Crippen LogP contribution >= 0.6 is 11.6 Å². The fourth-order valence-electron chi connectivity index (χ4n) is 2.46. The summed E-state index contributed by atoms with van der Waals surface area (Å²) in [6, 6.07) is 13.7. The summed E-state index contributed by atoms with van der Waals surface area (Å²) >= 11 is 5.95. The first-order valence-corrected chi connectivity index (χ1v) is 7.09. The van der Waals surface area contributed by atoms with E-state index in [0.29, 0.717) is 0 Å². The van der Waals surface area contributed by atoms with Gasteiger partial charge in [0.1, 0.15) is 0 Å². The third-order valence-corrected chi connectivity index (χ3v) is 4.01. The molecule has 0 radical (unpaired) electrons. The van der Waals surface area contributed by atoms with Crippen molar-refractivity contribution in [3.63, 3.8) is 0 Å². The molecule has 106 valence electrons. The van der Waals surface area contributed by atoms with E-state index in [0.717, 1.165) is 38.6 Å². The number of hydrogen-bond donors (Lipinski definition) is 1. The average Bonchev–Trinajstić information content (AvgIpc) is 2.50. The molecule has 1 heterocycles. The Balaban J connectivity index is 2.16. The molecular weight excluding hydrogens is 282 g/mol. The number of nitrogens with two attached hydrogens (primary N) is 1. The van der Waals surface area contributed by atoms with Crippen molar-refractivity contribution in [2.24, 2.45) is 0 Å². The van der Waals surface area contributed by atoms with E-state index in [1.807, 2.05) is 62.6 Å². The number of fused-ring (bicyclic) bond motifs is 1. The van der Waals surface area contributed by atoms with Gasteiger partial charge in [-0.15, -0.1) is 0 Å². The Bertz CT molecular complexity index is 797. The van der Waals surface area contributed by atoms with Crippen molar-refractivity contribution in [2.75, 3.05) is 17.7 Å². The number of nitrogens with zero attached hydrogens (tertiary/aromatic N) is 2. The van der Waals surface area contributed by atoms with E-state index < -0.39 is 0 Å². The quantitative estimate of drug-likeness (QED) is 0.706. The third-order valence-electron chi connectivity index (χ3n) is 3.76. The highest BCUT2D eigenvalue weighted by Crippen LogP contribution is 2.33. The molecule has 3 aromatic rings. The average molecular weight is 298 g/mol. The summed E-state index contributed by atoms with van der Waals surface area (Å²) in [5.74, 6) is 0. The SMILES string of the molecule is Cc1c(N)ccc2c(N(C)c3ccc(Cl)cc3)ccnc12. The molecule has 3 rings (SSSR count). The maximum atomic E-state index is 5.97.